The predicted octanol–water partition coefficient (Wildman–Crippen LogP) is 2.51. The van der Waals surface area contributed by atoms with Crippen LogP contribution in [0.2, 0.25) is 0 Å². The van der Waals surface area contributed by atoms with Gasteiger partial charge in [0.1, 0.15) is 5.76 Å². The zero-order valence-corrected chi connectivity index (χ0v) is 15.1. The average molecular weight is 367 g/mol. The number of hydrogen-bond donors (Lipinski definition) is 1. The van der Waals surface area contributed by atoms with Crippen molar-refractivity contribution in [2.24, 2.45) is 5.92 Å². The Bertz CT molecular complexity index is 917. The minimum Gasteiger partial charge on any atom is -0.493 e. The molecule has 1 aromatic carbocycles. The van der Waals surface area contributed by atoms with Gasteiger partial charge in [0.05, 0.1) is 26.6 Å². The number of rotatable bonds is 6. The normalized spacial score (nSPS) is 15.7. The fraction of sp³-hybridized carbons (Fsp3) is 0.300. The number of benzene rings is 1. The van der Waals surface area contributed by atoms with Crippen LogP contribution in [0, 0.1) is 5.92 Å². The Morgan fingerprint density at radius 1 is 1.37 bits per heavy atom. The second-order valence-electron chi connectivity index (χ2n) is 6.54. The molecule has 7 heteroatoms. The number of furan rings is 1. The third-order valence-electron chi connectivity index (χ3n) is 4.59. The maximum absolute atomic E-state index is 12.4. The van der Waals surface area contributed by atoms with Gasteiger partial charge in [-0.3, -0.25) is 4.79 Å². The average Bonchev–Trinajstić information content (AvgIpc) is 3.38. The van der Waals surface area contributed by atoms with Gasteiger partial charge in [-0.1, -0.05) is 12.1 Å². The van der Waals surface area contributed by atoms with Gasteiger partial charge in [0.25, 0.3) is 5.91 Å². The monoisotopic (exact) mass is 367 g/mol. The van der Waals surface area contributed by atoms with Crippen molar-refractivity contribution in [3.05, 3.63) is 66.1 Å². The molecule has 1 unspecified atom stereocenters. The standard InChI is InChI=1S/C20H21N3O4/c1-25-17-4-2-3-15-9-14(12-26-19(15)17)10-22-20(24)18-6-5-16(27-18)11-23-8-7-21-13-23/h2-8,13-14H,9-12H2,1H3,(H,22,24). The second-order valence-corrected chi connectivity index (χ2v) is 6.54. The Morgan fingerprint density at radius 3 is 3.11 bits per heavy atom. The number of carbonyl (C=O) groups excluding carboxylic acids is 1. The van der Waals surface area contributed by atoms with E-state index in [1.165, 1.54) is 0 Å². The highest BCUT2D eigenvalue weighted by Crippen LogP contribution is 2.35. The molecule has 0 saturated carbocycles. The van der Waals surface area contributed by atoms with Gasteiger partial charge >= 0.3 is 0 Å². The lowest BCUT2D eigenvalue weighted by Gasteiger charge is -2.26. The van der Waals surface area contributed by atoms with E-state index < -0.39 is 0 Å². The maximum Gasteiger partial charge on any atom is 0.287 e. The number of imidazole rings is 1. The van der Waals surface area contributed by atoms with Crippen LogP contribution in [-0.2, 0) is 13.0 Å². The molecule has 0 spiro atoms. The lowest BCUT2D eigenvalue weighted by Crippen LogP contribution is -2.34. The summed E-state index contributed by atoms with van der Waals surface area (Å²) in [6.45, 7) is 1.60. The van der Waals surface area contributed by atoms with Crippen molar-refractivity contribution in [3.63, 3.8) is 0 Å². The predicted molar refractivity (Wildman–Crippen MR) is 98.1 cm³/mol. The minimum absolute atomic E-state index is 0.203. The molecule has 2 aromatic heterocycles. The first-order chi connectivity index (χ1) is 13.2. The van der Waals surface area contributed by atoms with Crippen LogP contribution < -0.4 is 14.8 Å². The molecule has 27 heavy (non-hydrogen) atoms. The van der Waals surface area contributed by atoms with Crippen LogP contribution in [0.1, 0.15) is 21.9 Å². The van der Waals surface area contributed by atoms with Gasteiger partial charge in [-0.15, -0.1) is 0 Å². The van der Waals surface area contributed by atoms with Gasteiger partial charge in [-0.25, -0.2) is 4.98 Å². The lowest BCUT2D eigenvalue weighted by atomic mass is 9.96. The van der Waals surface area contributed by atoms with Crippen molar-refractivity contribution >= 4 is 5.91 Å². The second kappa shape index (κ2) is 7.57. The Kier molecular flexibility index (Phi) is 4.82. The summed E-state index contributed by atoms with van der Waals surface area (Å²) in [5.74, 6) is 2.55. The van der Waals surface area contributed by atoms with Crippen LogP contribution in [0.15, 0.2) is 53.5 Å². The summed E-state index contributed by atoms with van der Waals surface area (Å²) in [7, 11) is 1.63. The molecule has 1 atom stereocenters. The lowest BCUT2D eigenvalue weighted by molar-refractivity contribution is 0.0909. The molecule has 4 rings (SSSR count). The van der Waals surface area contributed by atoms with Gasteiger partial charge in [0.2, 0.25) is 0 Å². The summed E-state index contributed by atoms with van der Waals surface area (Å²) in [6.07, 6.45) is 6.09. The molecule has 140 valence electrons. The molecule has 1 aliphatic heterocycles. The molecular weight excluding hydrogens is 346 g/mol. The zero-order valence-electron chi connectivity index (χ0n) is 15.1. The molecule has 0 aliphatic carbocycles. The van der Waals surface area contributed by atoms with Gasteiger partial charge in [0, 0.05) is 24.9 Å². The number of carbonyl (C=O) groups is 1. The Balaban J connectivity index is 1.32. The third kappa shape index (κ3) is 3.81. The van der Waals surface area contributed by atoms with Crippen LogP contribution >= 0.6 is 0 Å². The molecule has 1 amide bonds. The summed E-state index contributed by atoms with van der Waals surface area (Å²) in [6, 6.07) is 9.37. The molecule has 7 nitrogen and oxygen atoms in total. The Morgan fingerprint density at radius 2 is 2.30 bits per heavy atom. The van der Waals surface area contributed by atoms with E-state index in [1.807, 2.05) is 29.0 Å². The highest BCUT2D eigenvalue weighted by molar-refractivity contribution is 5.91. The number of aromatic nitrogens is 2. The minimum atomic E-state index is -0.219. The molecule has 0 bridgehead atoms. The summed E-state index contributed by atoms with van der Waals surface area (Å²) < 4.78 is 18.7. The van der Waals surface area contributed by atoms with Gasteiger partial charge in [-0.2, -0.15) is 0 Å². The summed E-state index contributed by atoms with van der Waals surface area (Å²) in [5.41, 5.74) is 1.10. The van der Waals surface area contributed by atoms with E-state index in [0.717, 1.165) is 23.5 Å². The van der Waals surface area contributed by atoms with Crippen molar-refractivity contribution in [1.82, 2.24) is 14.9 Å². The van der Waals surface area contributed by atoms with Gasteiger partial charge in [0.15, 0.2) is 17.3 Å². The summed E-state index contributed by atoms with van der Waals surface area (Å²) in [5, 5.41) is 2.94. The van der Waals surface area contributed by atoms with E-state index in [4.69, 9.17) is 13.9 Å². The quantitative estimate of drug-likeness (QED) is 0.724. The first kappa shape index (κ1) is 17.2. The van der Waals surface area contributed by atoms with Crippen molar-refractivity contribution in [2.45, 2.75) is 13.0 Å². The van der Waals surface area contributed by atoms with Crippen LogP contribution in [0.4, 0.5) is 0 Å². The van der Waals surface area contributed by atoms with Crippen LogP contribution in [0.5, 0.6) is 11.5 Å². The van der Waals surface area contributed by atoms with E-state index >= 15 is 0 Å². The summed E-state index contributed by atoms with van der Waals surface area (Å²) in [4.78, 5) is 16.4. The van der Waals surface area contributed by atoms with Gasteiger partial charge in [-0.05, 0) is 30.2 Å². The smallest absolute Gasteiger partial charge is 0.287 e. The van der Waals surface area contributed by atoms with E-state index in [0.29, 0.717) is 31.2 Å². The van der Waals surface area contributed by atoms with Crippen molar-refractivity contribution < 1.29 is 18.7 Å². The summed E-state index contributed by atoms with van der Waals surface area (Å²) >= 11 is 0. The molecule has 1 aliphatic rings. The number of para-hydroxylation sites is 1. The number of fused-ring (bicyclic) bond motifs is 1. The third-order valence-corrected chi connectivity index (χ3v) is 4.59. The highest BCUT2D eigenvalue weighted by Gasteiger charge is 2.23. The van der Waals surface area contributed by atoms with E-state index in [1.54, 1.807) is 31.8 Å². The number of amides is 1. The molecular formula is C20H21N3O4. The number of nitrogens with zero attached hydrogens (tertiary/aromatic N) is 2. The van der Waals surface area contributed by atoms with E-state index in [-0.39, 0.29) is 11.8 Å². The zero-order chi connectivity index (χ0) is 18.6. The van der Waals surface area contributed by atoms with Gasteiger partial charge < -0.3 is 23.8 Å². The molecule has 1 N–H and O–H groups in total. The maximum atomic E-state index is 12.4. The Hall–Kier alpha value is -3.22. The number of hydrogen-bond acceptors (Lipinski definition) is 5. The fourth-order valence-corrected chi connectivity index (χ4v) is 3.22. The number of methoxy groups -OCH3 is 1. The molecule has 3 aromatic rings. The first-order valence-electron chi connectivity index (χ1n) is 8.84. The number of ether oxygens (including phenoxy) is 2. The van der Waals surface area contributed by atoms with Crippen molar-refractivity contribution in [1.29, 1.82) is 0 Å². The fourth-order valence-electron chi connectivity index (χ4n) is 3.22. The SMILES string of the molecule is COc1cccc2c1OCC(CNC(=O)c1ccc(Cn3ccnc3)o1)C2. The molecule has 0 saturated heterocycles. The van der Waals surface area contributed by atoms with E-state index in [2.05, 4.69) is 10.3 Å². The van der Waals surface area contributed by atoms with Crippen LogP contribution in [0.3, 0.4) is 0 Å². The largest absolute Gasteiger partial charge is 0.493 e. The molecule has 3 heterocycles. The topological polar surface area (TPSA) is 78.5 Å². The molecule has 0 radical (unpaired) electrons. The van der Waals surface area contributed by atoms with Crippen LogP contribution in [-0.4, -0.2) is 35.7 Å². The van der Waals surface area contributed by atoms with Crippen molar-refractivity contribution in [3.8, 4) is 11.5 Å². The van der Waals surface area contributed by atoms with Crippen molar-refractivity contribution in [2.75, 3.05) is 20.3 Å². The first-order valence-corrected chi connectivity index (χ1v) is 8.84. The van der Waals surface area contributed by atoms with E-state index in [9.17, 15) is 4.79 Å². The highest BCUT2D eigenvalue weighted by atomic mass is 16.5. The number of nitrogens with one attached hydrogen (secondary N) is 1. The Labute approximate surface area is 156 Å². The molecule has 0 fully saturated rings. The van der Waals surface area contributed by atoms with Crippen LogP contribution in [0.25, 0.3) is 0 Å².